The van der Waals surface area contributed by atoms with E-state index in [0.717, 1.165) is 35.6 Å². The Kier molecular flexibility index (Phi) is 2.70. The van der Waals surface area contributed by atoms with Gasteiger partial charge in [0.15, 0.2) is 5.82 Å². The van der Waals surface area contributed by atoms with Gasteiger partial charge in [0.1, 0.15) is 11.6 Å². The molecule has 2 aromatic heterocycles. The number of benzene rings is 1. The third-order valence-electron chi connectivity index (χ3n) is 3.62. The van der Waals surface area contributed by atoms with Gasteiger partial charge in [0.05, 0.1) is 6.20 Å². The highest BCUT2D eigenvalue weighted by Crippen LogP contribution is 2.38. The quantitative estimate of drug-likeness (QED) is 0.799. The van der Waals surface area contributed by atoms with Crippen LogP contribution in [0.5, 0.6) is 0 Å². The standard InChI is InChI=1S/C16H15N5/c17-14-8-15(20-16(19-14)12-6-7-12)21-10-13(9-18-21)11-4-2-1-3-5-11/h1-5,8-10,12H,6-7H2,(H2,17,19,20). The Labute approximate surface area is 122 Å². The molecule has 0 unspecified atom stereocenters. The zero-order chi connectivity index (χ0) is 14.2. The van der Waals surface area contributed by atoms with E-state index in [1.807, 2.05) is 30.6 Å². The molecule has 21 heavy (non-hydrogen) atoms. The first-order chi connectivity index (χ1) is 10.3. The molecule has 0 radical (unpaired) electrons. The predicted molar refractivity (Wildman–Crippen MR) is 81.0 cm³/mol. The van der Waals surface area contributed by atoms with Crippen molar-refractivity contribution < 1.29 is 0 Å². The van der Waals surface area contributed by atoms with E-state index in [1.54, 1.807) is 10.7 Å². The molecule has 1 aliphatic carbocycles. The largest absolute Gasteiger partial charge is 0.384 e. The maximum atomic E-state index is 5.89. The molecule has 2 heterocycles. The molecule has 5 heteroatoms. The fourth-order valence-corrected chi connectivity index (χ4v) is 2.34. The summed E-state index contributed by atoms with van der Waals surface area (Å²) in [4.78, 5) is 8.89. The van der Waals surface area contributed by atoms with Gasteiger partial charge in [-0.1, -0.05) is 30.3 Å². The normalized spacial score (nSPS) is 14.3. The zero-order valence-electron chi connectivity index (χ0n) is 11.5. The lowest BCUT2D eigenvalue weighted by atomic mass is 10.1. The van der Waals surface area contributed by atoms with E-state index in [-0.39, 0.29) is 0 Å². The summed E-state index contributed by atoms with van der Waals surface area (Å²) in [6.07, 6.45) is 6.10. The Morgan fingerprint density at radius 1 is 1.05 bits per heavy atom. The SMILES string of the molecule is Nc1cc(-n2cc(-c3ccccc3)cn2)nc(C2CC2)n1. The number of nitrogen functional groups attached to an aromatic ring is 1. The average Bonchev–Trinajstić information content (AvgIpc) is 3.24. The van der Waals surface area contributed by atoms with Gasteiger partial charge in [-0.05, 0) is 18.4 Å². The fourth-order valence-electron chi connectivity index (χ4n) is 2.34. The Hall–Kier alpha value is -2.69. The number of hydrogen-bond acceptors (Lipinski definition) is 4. The van der Waals surface area contributed by atoms with Crippen molar-refractivity contribution in [1.82, 2.24) is 19.7 Å². The summed E-state index contributed by atoms with van der Waals surface area (Å²) in [5, 5.41) is 4.40. The number of hydrogen-bond donors (Lipinski definition) is 1. The third kappa shape index (κ3) is 2.38. The molecule has 0 atom stereocenters. The minimum Gasteiger partial charge on any atom is -0.384 e. The number of aromatic nitrogens is 4. The van der Waals surface area contributed by atoms with Gasteiger partial charge in [-0.3, -0.25) is 0 Å². The molecular weight excluding hydrogens is 262 g/mol. The number of rotatable bonds is 3. The van der Waals surface area contributed by atoms with E-state index >= 15 is 0 Å². The highest BCUT2D eigenvalue weighted by molar-refractivity contribution is 5.61. The first-order valence-electron chi connectivity index (χ1n) is 7.04. The molecule has 3 aromatic rings. The maximum absolute atomic E-state index is 5.89. The smallest absolute Gasteiger partial charge is 0.159 e. The highest BCUT2D eigenvalue weighted by Gasteiger charge is 2.27. The maximum Gasteiger partial charge on any atom is 0.159 e. The molecule has 0 aliphatic heterocycles. The zero-order valence-corrected chi connectivity index (χ0v) is 11.5. The van der Waals surface area contributed by atoms with Crippen LogP contribution in [0.4, 0.5) is 5.82 Å². The summed E-state index contributed by atoms with van der Waals surface area (Å²) in [5.41, 5.74) is 8.08. The highest BCUT2D eigenvalue weighted by atomic mass is 15.3. The van der Waals surface area contributed by atoms with Crippen molar-refractivity contribution in [3.63, 3.8) is 0 Å². The molecule has 0 amide bonds. The Morgan fingerprint density at radius 3 is 2.62 bits per heavy atom. The van der Waals surface area contributed by atoms with E-state index in [9.17, 15) is 0 Å². The molecule has 0 bridgehead atoms. The van der Waals surface area contributed by atoms with Crippen LogP contribution in [-0.4, -0.2) is 19.7 Å². The van der Waals surface area contributed by atoms with Gasteiger partial charge in [0, 0.05) is 23.7 Å². The molecule has 5 nitrogen and oxygen atoms in total. The molecular formula is C16H15N5. The van der Waals surface area contributed by atoms with Crippen molar-refractivity contribution in [3.8, 4) is 16.9 Å². The van der Waals surface area contributed by atoms with Crippen molar-refractivity contribution in [3.05, 3.63) is 54.6 Å². The lowest BCUT2D eigenvalue weighted by Crippen LogP contribution is -2.05. The van der Waals surface area contributed by atoms with Gasteiger partial charge in [0.2, 0.25) is 0 Å². The lowest BCUT2D eigenvalue weighted by Gasteiger charge is -2.04. The predicted octanol–water partition coefficient (Wildman–Crippen LogP) is 2.79. The van der Waals surface area contributed by atoms with Crippen molar-refractivity contribution in [2.45, 2.75) is 18.8 Å². The van der Waals surface area contributed by atoms with E-state index < -0.39 is 0 Å². The average molecular weight is 277 g/mol. The van der Waals surface area contributed by atoms with Gasteiger partial charge in [0.25, 0.3) is 0 Å². The lowest BCUT2D eigenvalue weighted by molar-refractivity contribution is 0.812. The van der Waals surface area contributed by atoms with Crippen LogP contribution < -0.4 is 5.73 Å². The Bertz CT molecular complexity index is 774. The second kappa shape index (κ2) is 4.70. The molecule has 2 N–H and O–H groups in total. The Balaban J connectivity index is 1.72. The molecule has 0 spiro atoms. The van der Waals surface area contributed by atoms with E-state index in [2.05, 4.69) is 27.2 Å². The van der Waals surface area contributed by atoms with Crippen LogP contribution in [0.3, 0.4) is 0 Å². The van der Waals surface area contributed by atoms with Crippen molar-refractivity contribution in [1.29, 1.82) is 0 Å². The summed E-state index contributed by atoms with van der Waals surface area (Å²) >= 11 is 0. The molecule has 1 fully saturated rings. The van der Waals surface area contributed by atoms with Crippen molar-refractivity contribution >= 4 is 5.82 Å². The van der Waals surface area contributed by atoms with Gasteiger partial charge < -0.3 is 5.73 Å². The number of nitrogens with two attached hydrogens (primary N) is 1. The van der Waals surface area contributed by atoms with Crippen LogP contribution >= 0.6 is 0 Å². The number of anilines is 1. The molecule has 1 aliphatic rings. The van der Waals surface area contributed by atoms with Crippen LogP contribution in [0, 0.1) is 0 Å². The van der Waals surface area contributed by atoms with Gasteiger partial charge >= 0.3 is 0 Å². The fraction of sp³-hybridized carbons (Fsp3) is 0.188. The molecule has 1 aromatic carbocycles. The monoisotopic (exact) mass is 277 g/mol. The van der Waals surface area contributed by atoms with Gasteiger partial charge in [-0.15, -0.1) is 0 Å². The summed E-state index contributed by atoms with van der Waals surface area (Å²) < 4.78 is 1.76. The van der Waals surface area contributed by atoms with E-state index in [0.29, 0.717) is 11.7 Å². The summed E-state index contributed by atoms with van der Waals surface area (Å²) in [6.45, 7) is 0. The van der Waals surface area contributed by atoms with Crippen molar-refractivity contribution in [2.75, 3.05) is 5.73 Å². The topological polar surface area (TPSA) is 69.6 Å². The second-order valence-electron chi connectivity index (χ2n) is 5.32. The van der Waals surface area contributed by atoms with Crippen LogP contribution in [0.2, 0.25) is 0 Å². The molecule has 1 saturated carbocycles. The summed E-state index contributed by atoms with van der Waals surface area (Å²) in [7, 11) is 0. The van der Waals surface area contributed by atoms with E-state index in [1.165, 1.54) is 0 Å². The minimum absolute atomic E-state index is 0.469. The summed E-state index contributed by atoms with van der Waals surface area (Å²) in [5.74, 6) is 2.53. The minimum atomic E-state index is 0.469. The second-order valence-corrected chi connectivity index (χ2v) is 5.32. The Morgan fingerprint density at radius 2 is 1.86 bits per heavy atom. The molecule has 0 saturated heterocycles. The van der Waals surface area contributed by atoms with Crippen molar-refractivity contribution in [2.24, 2.45) is 0 Å². The van der Waals surface area contributed by atoms with Gasteiger partial charge in [-0.2, -0.15) is 5.10 Å². The van der Waals surface area contributed by atoms with Crippen LogP contribution in [-0.2, 0) is 0 Å². The van der Waals surface area contributed by atoms with Crippen LogP contribution in [0.15, 0.2) is 48.8 Å². The molecule has 104 valence electrons. The first kappa shape index (κ1) is 12.1. The summed E-state index contributed by atoms with van der Waals surface area (Å²) in [6, 6.07) is 11.9. The number of nitrogens with zero attached hydrogens (tertiary/aromatic N) is 4. The molecule has 4 rings (SSSR count). The van der Waals surface area contributed by atoms with E-state index in [4.69, 9.17) is 5.73 Å². The third-order valence-corrected chi connectivity index (χ3v) is 3.62. The van der Waals surface area contributed by atoms with Crippen LogP contribution in [0.1, 0.15) is 24.6 Å². The van der Waals surface area contributed by atoms with Crippen LogP contribution in [0.25, 0.3) is 16.9 Å². The van der Waals surface area contributed by atoms with Gasteiger partial charge in [-0.25, -0.2) is 14.6 Å². The first-order valence-corrected chi connectivity index (χ1v) is 7.04.